The first kappa shape index (κ1) is 17.7. The Bertz CT molecular complexity index is 1640. The number of hydrogen-bond acceptors (Lipinski definition) is 9. The number of hydrogen-bond donors (Lipinski definition) is 2. The summed E-state index contributed by atoms with van der Waals surface area (Å²) in [6, 6.07) is 7.53. The van der Waals surface area contributed by atoms with Crippen molar-refractivity contribution < 1.29 is 9.47 Å². The predicted octanol–water partition coefficient (Wildman–Crippen LogP) is 3.22. The highest BCUT2D eigenvalue weighted by atomic mass is 16.7. The Balaban J connectivity index is 1.44. The van der Waals surface area contributed by atoms with Crippen LogP contribution in [-0.4, -0.2) is 45.3 Å². The maximum atomic E-state index is 6.34. The van der Waals surface area contributed by atoms with Crippen LogP contribution in [0.25, 0.3) is 44.6 Å². The van der Waals surface area contributed by atoms with Crippen LogP contribution in [0.15, 0.2) is 61.6 Å². The molecule has 11 nitrogen and oxygen atoms in total. The second-order valence-corrected chi connectivity index (χ2v) is 7.34. The first-order chi connectivity index (χ1) is 16.4. The molecule has 2 N–H and O–H groups in total. The van der Waals surface area contributed by atoms with Gasteiger partial charge < -0.3 is 9.47 Å². The van der Waals surface area contributed by atoms with Gasteiger partial charge in [-0.15, -0.1) is 0 Å². The summed E-state index contributed by atoms with van der Waals surface area (Å²) in [5, 5.41) is 14.8. The van der Waals surface area contributed by atoms with Gasteiger partial charge in [0.15, 0.2) is 11.5 Å². The molecule has 0 spiro atoms. The number of benzene rings is 1. The molecule has 1 aliphatic heterocycles. The minimum Gasteiger partial charge on any atom is -0.445 e. The van der Waals surface area contributed by atoms with E-state index < -0.39 is 6.29 Å². The molecule has 0 bridgehead atoms. The van der Waals surface area contributed by atoms with Gasteiger partial charge in [-0.05, 0) is 24.3 Å². The molecule has 0 amide bonds. The highest BCUT2D eigenvalue weighted by Crippen LogP contribution is 2.51. The van der Waals surface area contributed by atoms with E-state index in [4.69, 9.17) is 9.47 Å². The molecule has 33 heavy (non-hydrogen) atoms. The molecule has 0 saturated heterocycles. The van der Waals surface area contributed by atoms with Crippen molar-refractivity contribution in [3.63, 3.8) is 0 Å². The Labute approximate surface area is 184 Å². The molecule has 6 heterocycles. The summed E-state index contributed by atoms with van der Waals surface area (Å²) in [7, 11) is 0. The van der Waals surface area contributed by atoms with Crippen LogP contribution in [0.1, 0.15) is 12.0 Å². The fourth-order valence-corrected chi connectivity index (χ4v) is 4.00. The predicted molar refractivity (Wildman–Crippen MR) is 116 cm³/mol. The summed E-state index contributed by atoms with van der Waals surface area (Å²) in [6.45, 7) is 0. The fraction of sp³-hybridized carbons (Fsp3) is 0.0455. The van der Waals surface area contributed by atoms with Crippen molar-refractivity contribution in [2.24, 2.45) is 0 Å². The van der Waals surface area contributed by atoms with E-state index in [2.05, 4.69) is 45.3 Å². The van der Waals surface area contributed by atoms with Gasteiger partial charge in [0, 0.05) is 24.2 Å². The lowest BCUT2D eigenvalue weighted by molar-refractivity contribution is 0.0460. The van der Waals surface area contributed by atoms with Crippen molar-refractivity contribution in [2.75, 3.05) is 0 Å². The van der Waals surface area contributed by atoms with Crippen molar-refractivity contribution in [3.05, 3.63) is 67.3 Å². The van der Waals surface area contributed by atoms with Crippen LogP contribution in [0, 0.1) is 0 Å². The number of nitrogens with one attached hydrogen (secondary N) is 2. The number of H-pyrrole nitrogens is 2. The van der Waals surface area contributed by atoms with E-state index in [1.807, 2.05) is 24.3 Å². The van der Waals surface area contributed by atoms with Crippen LogP contribution < -0.4 is 9.47 Å². The first-order valence-electron chi connectivity index (χ1n) is 10.1. The summed E-state index contributed by atoms with van der Waals surface area (Å²) in [6.07, 6.45) is 9.01. The van der Waals surface area contributed by atoms with Gasteiger partial charge in [-0.3, -0.25) is 25.1 Å². The van der Waals surface area contributed by atoms with Crippen molar-refractivity contribution in [2.45, 2.75) is 6.29 Å². The molecule has 1 atom stereocenters. The molecule has 1 unspecified atom stereocenters. The topological polar surface area (TPSA) is 140 Å². The zero-order chi connectivity index (χ0) is 21.8. The lowest BCUT2D eigenvalue weighted by atomic mass is 9.99. The molecule has 0 aliphatic carbocycles. The second-order valence-electron chi connectivity index (χ2n) is 7.34. The minimum atomic E-state index is -0.770. The summed E-state index contributed by atoms with van der Waals surface area (Å²) in [4.78, 5) is 21.6. The van der Waals surface area contributed by atoms with Gasteiger partial charge in [-0.2, -0.15) is 10.2 Å². The number of pyridine rings is 1. The lowest BCUT2D eigenvalue weighted by Crippen LogP contribution is -2.09. The van der Waals surface area contributed by atoms with E-state index in [0.29, 0.717) is 50.7 Å². The zero-order valence-electron chi connectivity index (χ0n) is 16.8. The molecule has 0 fully saturated rings. The number of aromatic amines is 2. The van der Waals surface area contributed by atoms with Crippen LogP contribution in [-0.2, 0) is 0 Å². The van der Waals surface area contributed by atoms with Gasteiger partial charge in [0.25, 0.3) is 6.29 Å². The molecular formula is C22H13N9O2. The maximum Gasteiger partial charge on any atom is 0.286 e. The summed E-state index contributed by atoms with van der Waals surface area (Å²) in [5.74, 6) is 1.09. The largest absolute Gasteiger partial charge is 0.445 e. The Morgan fingerprint density at radius 1 is 0.818 bits per heavy atom. The quantitative estimate of drug-likeness (QED) is 0.429. The third kappa shape index (κ3) is 2.65. The van der Waals surface area contributed by atoms with Gasteiger partial charge >= 0.3 is 0 Å². The van der Waals surface area contributed by atoms with Crippen LogP contribution in [0.5, 0.6) is 11.5 Å². The molecule has 1 aliphatic rings. The molecule has 1 aromatic carbocycles. The van der Waals surface area contributed by atoms with Crippen LogP contribution >= 0.6 is 0 Å². The third-order valence-electron chi connectivity index (χ3n) is 5.46. The molecule has 5 aromatic heterocycles. The molecule has 11 heteroatoms. The number of aromatic nitrogens is 9. The van der Waals surface area contributed by atoms with Crippen LogP contribution in [0.3, 0.4) is 0 Å². The highest BCUT2D eigenvalue weighted by molar-refractivity contribution is 5.98. The van der Waals surface area contributed by atoms with E-state index in [1.165, 1.54) is 6.33 Å². The number of rotatable bonds is 3. The van der Waals surface area contributed by atoms with Crippen molar-refractivity contribution in [1.82, 2.24) is 45.3 Å². The Hall–Kier alpha value is -4.93. The van der Waals surface area contributed by atoms with Crippen LogP contribution in [0.2, 0.25) is 0 Å². The van der Waals surface area contributed by atoms with E-state index in [-0.39, 0.29) is 0 Å². The number of nitrogens with zero attached hydrogens (tertiary/aromatic N) is 7. The number of ether oxygens (including phenoxy) is 2. The van der Waals surface area contributed by atoms with Gasteiger partial charge in [0.1, 0.15) is 34.3 Å². The van der Waals surface area contributed by atoms with E-state index in [0.717, 1.165) is 11.1 Å². The zero-order valence-corrected chi connectivity index (χ0v) is 16.8. The van der Waals surface area contributed by atoms with Gasteiger partial charge in [-0.1, -0.05) is 0 Å². The standard InChI is InChI=1S/C22H13N9O2/c1-2-12-17(26-5-1)19(30-28-12)16-11(13-8-23-6-7-25-13)3-4-15-21(16)33-22(32-15)20-18-14(29-31-20)9-24-10-27-18/h1-10,22H,(H,28,30)(H,29,31). The smallest absolute Gasteiger partial charge is 0.286 e. The van der Waals surface area contributed by atoms with E-state index >= 15 is 0 Å². The summed E-state index contributed by atoms with van der Waals surface area (Å²) >= 11 is 0. The Morgan fingerprint density at radius 2 is 1.82 bits per heavy atom. The maximum absolute atomic E-state index is 6.34. The van der Waals surface area contributed by atoms with Crippen molar-refractivity contribution >= 4 is 22.1 Å². The van der Waals surface area contributed by atoms with Crippen molar-refractivity contribution in [3.8, 4) is 34.0 Å². The average molecular weight is 435 g/mol. The van der Waals surface area contributed by atoms with Gasteiger partial charge in [0.05, 0.1) is 29.2 Å². The van der Waals surface area contributed by atoms with Gasteiger partial charge in [0.2, 0.25) is 0 Å². The lowest BCUT2D eigenvalue weighted by Gasteiger charge is -2.11. The molecule has 0 saturated carbocycles. The number of fused-ring (bicyclic) bond motifs is 3. The van der Waals surface area contributed by atoms with Gasteiger partial charge in [-0.25, -0.2) is 9.97 Å². The minimum absolute atomic E-state index is 0.527. The first-order valence-corrected chi connectivity index (χ1v) is 10.1. The summed E-state index contributed by atoms with van der Waals surface area (Å²) in [5.41, 5.74) is 6.17. The van der Waals surface area contributed by atoms with Crippen LogP contribution in [0.4, 0.5) is 0 Å². The van der Waals surface area contributed by atoms with Crippen molar-refractivity contribution in [1.29, 1.82) is 0 Å². The Kier molecular flexibility index (Phi) is 3.64. The molecule has 6 aromatic rings. The molecule has 158 valence electrons. The third-order valence-corrected chi connectivity index (χ3v) is 5.46. The molecule has 0 radical (unpaired) electrons. The van der Waals surface area contributed by atoms with E-state index in [1.54, 1.807) is 31.0 Å². The second kappa shape index (κ2) is 6.79. The molecular weight excluding hydrogens is 422 g/mol. The SMILES string of the molecule is c1cnc2c(-c3c(-c4cnccn4)ccc4c3OC(c3[nH]nc5cncnc35)O4)n[nH]c2c1. The molecule has 7 rings (SSSR count). The summed E-state index contributed by atoms with van der Waals surface area (Å²) < 4.78 is 12.5. The fourth-order valence-electron chi connectivity index (χ4n) is 4.00. The average Bonchev–Trinajstić information content (AvgIpc) is 3.60. The highest BCUT2D eigenvalue weighted by Gasteiger charge is 2.34. The Morgan fingerprint density at radius 3 is 2.76 bits per heavy atom. The monoisotopic (exact) mass is 435 g/mol. The van der Waals surface area contributed by atoms with E-state index in [9.17, 15) is 0 Å². The normalized spacial score (nSPS) is 14.8.